The fraction of sp³-hybridized carbons (Fsp3) is 0.625. The SMILES string of the molecule is CC(=O)OO[N+](C)(C)NC(=O)C[C@H](I)C(=O)O. The minimum atomic E-state index is -1.08. The number of halogens is 1. The Kier molecular flexibility index (Phi) is 6.34. The number of amides is 1. The Morgan fingerprint density at radius 2 is 1.94 bits per heavy atom. The number of nitrogens with zero attached hydrogens (tertiary/aromatic N) is 1. The van der Waals surface area contributed by atoms with Gasteiger partial charge in [-0.25, -0.2) is 9.68 Å². The molecule has 1 amide bonds. The number of rotatable bonds is 6. The lowest BCUT2D eigenvalue weighted by Crippen LogP contribution is -2.54. The summed E-state index contributed by atoms with van der Waals surface area (Å²) in [4.78, 5) is 41.3. The molecular weight excluding hydrogens is 347 g/mol. The maximum atomic E-state index is 11.4. The summed E-state index contributed by atoms with van der Waals surface area (Å²) in [7, 11) is 2.81. The average Bonchev–Trinajstić information content (AvgIpc) is 2.13. The van der Waals surface area contributed by atoms with Gasteiger partial charge in [0.15, 0.2) is 0 Å². The van der Waals surface area contributed by atoms with Gasteiger partial charge in [0.1, 0.15) is 18.0 Å². The molecule has 0 aromatic rings. The maximum Gasteiger partial charge on any atom is 0.345 e. The van der Waals surface area contributed by atoms with E-state index in [1.165, 1.54) is 14.1 Å². The summed E-state index contributed by atoms with van der Waals surface area (Å²) >= 11 is 1.64. The highest BCUT2D eigenvalue weighted by atomic mass is 127. The van der Waals surface area contributed by atoms with Crippen molar-refractivity contribution in [3.63, 3.8) is 0 Å². The van der Waals surface area contributed by atoms with E-state index in [9.17, 15) is 14.4 Å². The molecule has 1 atom stereocenters. The Bertz CT molecular complexity index is 319. The number of alkyl halides is 1. The first kappa shape index (κ1) is 16.1. The molecule has 0 aliphatic heterocycles. The van der Waals surface area contributed by atoms with Crippen molar-refractivity contribution in [1.82, 2.24) is 5.43 Å². The Balaban J connectivity index is 4.17. The van der Waals surface area contributed by atoms with Crippen molar-refractivity contribution >= 4 is 40.4 Å². The highest BCUT2D eigenvalue weighted by Crippen LogP contribution is 2.06. The number of carboxylic acid groups (broad SMARTS) is 1. The molecule has 0 aromatic carbocycles. The van der Waals surface area contributed by atoms with E-state index in [0.717, 1.165) is 6.92 Å². The number of carbonyl (C=O) groups excluding carboxylic acids is 2. The number of quaternary nitrogens is 1. The van der Waals surface area contributed by atoms with Crippen molar-refractivity contribution in [2.75, 3.05) is 14.1 Å². The second kappa shape index (κ2) is 6.71. The Labute approximate surface area is 111 Å². The molecule has 17 heavy (non-hydrogen) atoms. The van der Waals surface area contributed by atoms with Crippen molar-refractivity contribution in [1.29, 1.82) is 0 Å². The monoisotopic (exact) mass is 361 g/mol. The predicted molar refractivity (Wildman–Crippen MR) is 63.2 cm³/mol. The molecule has 8 nitrogen and oxygen atoms in total. The van der Waals surface area contributed by atoms with Crippen molar-refractivity contribution in [2.45, 2.75) is 17.3 Å². The van der Waals surface area contributed by atoms with Crippen LogP contribution in [0.15, 0.2) is 0 Å². The fourth-order valence-corrected chi connectivity index (χ4v) is 1.16. The first-order valence-electron chi connectivity index (χ1n) is 4.53. The summed E-state index contributed by atoms with van der Waals surface area (Å²) < 4.78 is -1.39. The van der Waals surface area contributed by atoms with Crippen molar-refractivity contribution in [3.8, 4) is 0 Å². The van der Waals surface area contributed by atoms with Crippen molar-refractivity contribution in [2.24, 2.45) is 0 Å². The molecule has 0 aromatic heterocycles. The zero-order valence-electron chi connectivity index (χ0n) is 9.60. The number of aliphatic carboxylic acids is 1. The first-order valence-corrected chi connectivity index (χ1v) is 5.77. The van der Waals surface area contributed by atoms with Gasteiger partial charge < -0.3 is 5.11 Å². The molecule has 0 radical (unpaired) electrons. The number of nitrogens with one attached hydrogen (secondary N) is 1. The van der Waals surface area contributed by atoms with E-state index < -0.39 is 26.5 Å². The molecule has 0 rings (SSSR count). The van der Waals surface area contributed by atoms with Crippen LogP contribution in [0.25, 0.3) is 0 Å². The molecule has 0 fully saturated rings. The van der Waals surface area contributed by atoms with E-state index in [1.807, 2.05) is 0 Å². The van der Waals surface area contributed by atoms with Crippen LogP contribution >= 0.6 is 22.6 Å². The van der Waals surface area contributed by atoms with E-state index in [2.05, 4.69) is 15.3 Å². The van der Waals surface area contributed by atoms with Gasteiger partial charge in [0.25, 0.3) is 5.91 Å². The third-order valence-corrected chi connectivity index (χ3v) is 2.34. The largest absolute Gasteiger partial charge is 0.480 e. The summed E-state index contributed by atoms with van der Waals surface area (Å²) in [6.45, 7) is 1.15. The fourth-order valence-electron chi connectivity index (χ4n) is 0.760. The second-order valence-corrected chi connectivity index (χ2v) is 5.05. The molecule has 0 saturated heterocycles. The van der Waals surface area contributed by atoms with Crippen LogP contribution in [0.5, 0.6) is 0 Å². The molecule has 2 N–H and O–H groups in total. The standard InChI is InChI=1S/C8H13IN2O6/c1-5(12)16-17-11(2,3)10-7(13)4-6(9)8(14)15/h6H,4H2,1-3H3,(H-,10,13,14,15)/p+1/t6-/m0/s1. The summed E-state index contributed by atoms with van der Waals surface area (Å²) in [6, 6.07) is 0. The minimum Gasteiger partial charge on any atom is -0.480 e. The molecule has 0 spiro atoms. The number of hydroxylamine groups is 2. The molecule has 0 aliphatic rings. The van der Waals surface area contributed by atoms with Crippen LogP contribution in [0.1, 0.15) is 13.3 Å². The van der Waals surface area contributed by atoms with Crippen LogP contribution in [0.4, 0.5) is 0 Å². The van der Waals surface area contributed by atoms with Crippen molar-refractivity contribution in [3.05, 3.63) is 0 Å². The van der Waals surface area contributed by atoms with Gasteiger partial charge in [-0.2, -0.15) is 5.43 Å². The molecule has 0 unspecified atom stereocenters. The minimum absolute atomic E-state index is 0.207. The van der Waals surface area contributed by atoms with Crippen LogP contribution in [0.3, 0.4) is 0 Å². The third-order valence-electron chi connectivity index (χ3n) is 1.37. The summed E-state index contributed by atoms with van der Waals surface area (Å²) in [5.74, 6) is -2.28. The smallest absolute Gasteiger partial charge is 0.345 e. The number of hydrogen-bond donors (Lipinski definition) is 2. The predicted octanol–water partition coefficient (Wildman–Crippen LogP) is -0.218. The van der Waals surface area contributed by atoms with E-state index in [-0.39, 0.29) is 6.42 Å². The lowest BCUT2D eigenvalue weighted by atomic mass is 10.3. The number of carbonyl (C=O) groups is 3. The van der Waals surface area contributed by atoms with Crippen LogP contribution in [0.2, 0.25) is 0 Å². The zero-order chi connectivity index (χ0) is 13.6. The van der Waals surface area contributed by atoms with Gasteiger partial charge in [-0.15, -0.1) is 0 Å². The van der Waals surface area contributed by atoms with E-state index in [4.69, 9.17) is 5.11 Å². The summed E-state index contributed by atoms with van der Waals surface area (Å²) in [5, 5.41) is 8.61. The normalized spacial score (nSPS) is 12.7. The molecule has 98 valence electrons. The maximum absolute atomic E-state index is 11.4. The van der Waals surface area contributed by atoms with Gasteiger partial charge in [-0.1, -0.05) is 22.6 Å². The molecule has 0 aliphatic carbocycles. The topological polar surface area (TPSA) is 102 Å². The van der Waals surface area contributed by atoms with Crippen LogP contribution < -0.4 is 5.43 Å². The summed E-state index contributed by atoms with van der Waals surface area (Å²) in [5.41, 5.74) is 2.33. The molecule has 0 bridgehead atoms. The molecule has 0 heterocycles. The van der Waals surface area contributed by atoms with Gasteiger partial charge in [0.2, 0.25) is 0 Å². The average molecular weight is 361 g/mol. The van der Waals surface area contributed by atoms with Gasteiger partial charge in [-0.3, -0.25) is 9.59 Å². The number of hydrogen-bond acceptors (Lipinski definition) is 5. The van der Waals surface area contributed by atoms with Crippen LogP contribution in [0, 0.1) is 0 Å². The van der Waals surface area contributed by atoms with Crippen LogP contribution in [-0.4, -0.2) is 45.7 Å². The van der Waals surface area contributed by atoms with Gasteiger partial charge in [0.05, 0.1) is 11.4 Å². The summed E-state index contributed by atoms with van der Waals surface area (Å²) in [6.07, 6.45) is -0.207. The third kappa shape index (κ3) is 7.88. The van der Waals surface area contributed by atoms with Gasteiger partial charge >= 0.3 is 11.9 Å². The molecule has 9 heteroatoms. The van der Waals surface area contributed by atoms with E-state index in [0.29, 0.717) is 0 Å². The Morgan fingerprint density at radius 3 is 2.35 bits per heavy atom. The van der Waals surface area contributed by atoms with E-state index in [1.54, 1.807) is 22.6 Å². The lowest BCUT2D eigenvalue weighted by Gasteiger charge is -2.22. The van der Waals surface area contributed by atoms with Gasteiger partial charge in [-0.05, 0) is 4.76 Å². The number of carboxylic acids is 1. The second-order valence-electron chi connectivity index (χ2n) is 3.55. The molecular formula is C8H14IN2O6+. The highest BCUT2D eigenvalue weighted by molar-refractivity contribution is 14.1. The highest BCUT2D eigenvalue weighted by Gasteiger charge is 2.26. The Hall–Kier alpha value is -0.940. The molecule has 0 saturated carbocycles. The first-order chi connectivity index (χ1) is 7.64. The quantitative estimate of drug-likeness (QED) is 0.223. The van der Waals surface area contributed by atoms with Gasteiger partial charge in [0, 0.05) is 6.92 Å². The Morgan fingerprint density at radius 1 is 1.41 bits per heavy atom. The van der Waals surface area contributed by atoms with Crippen LogP contribution in [-0.2, 0) is 24.3 Å². The van der Waals surface area contributed by atoms with Crippen molar-refractivity contribution < 1.29 is 34.1 Å². The zero-order valence-corrected chi connectivity index (χ0v) is 11.8. The van der Waals surface area contributed by atoms with E-state index >= 15 is 0 Å². The lowest BCUT2D eigenvalue weighted by molar-refractivity contribution is -1.14.